The molecule has 1 N–H and O–H groups in total. The van der Waals surface area contributed by atoms with Gasteiger partial charge in [-0.1, -0.05) is 6.92 Å². The lowest BCUT2D eigenvalue weighted by Gasteiger charge is -2.27. The molecule has 1 saturated heterocycles. The number of rotatable bonds is 2. The minimum atomic E-state index is -0.872. The smallest absolute Gasteiger partial charge is 0.229 e. The maximum atomic E-state index is 10.1. The zero-order chi connectivity index (χ0) is 13.2. The Labute approximate surface area is 107 Å². The number of aliphatic hydroxyl groups is 1. The van der Waals surface area contributed by atoms with Crippen LogP contribution in [0.1, 0.15) is 25.5 Å². The molecule has 0 spiro atoms. The molecule has 100 valence electrons. The monoisotopic (exact) mass is 252 g/mol. The van der Waals surface area contributed by atoms with E-state index >= 15 is 0 Å². The third kappa shape index (κ3) is 3.14. The van der Waals surface area contributed by atoms with Crippen molar-refractivity contribution in [2.45, 2.75) is 32.8 Å². The Bertz CT molecular complexity index is 423. The van der Waals surface area contributed by atoms with Gasteiger partial charge < -0.3 is 14.7 Å². The molecule has 0 bridgehead atoms. The van der Waals surface area contributed by atoms with Gasteiger partial charge in [-0.2, -0.15) is 9.97 Å². The molecular weight excluding hydrogens is 232 g/mol. The van der Waals surface area contributed by atoms with E-state index in [1.807, 2.05) is 18.7 Å². The highest BCUT2D eigenvalue weighted by molar-refractivity contribution is 5.31. The van der Waals surface area contributed by atoms with E-state index in [1.165, 1.54) is 0 Å². The van der Waals surface area contributed by atoms with Gasteiger partial charge in [-0.05, 0) is 13.8 Å². The van der Waals surface area contributed by atoms with Crippen LogP contribution in [0.15, 0.2) is 0 Å². The van der Waals surface area contributed by atoms with Crippen molar-refractivity contribution in [1.82, 2.24) is 15.0 Å². The molecule has 1 aliphatic rings. The maximum Gasteiger partial charge on any atom is 0.229 e. The highest BCUT2D eigenvalue weighted by Crippen LogP contribution is 2.16. The predicted octanol–water partition coefficient (Wildman–Crippen LogP) is 0.330. The highest BCUT2D eigenvalue weighted by Gasteiger charge is 2.28. The average Bonchev–Trinajstić information content (AvgIpc) is 2.49. The zero-order valence-electron chi connectivity index (χ0n) is 11.2. The van der Waals surface area contributed by atoms with Gasteiger partial charge in [0.2, 0.25) is 5.95 Å². The number of aryl methyl sites for hydroxylation is 2. The summed E-state index contributed by atoms with van der Waals surface area (Å²) < 4.78 is 5.39. The quantitative estimate of drug-likeness (QED) is 0.818. The van der Waals surface area contributed by atoms with Crippen molar-refractivity contribution in [3.8, 4) is 0 Å². The van der Waals surface area contributed by atoms with Crippen LogP contribution in [-0.4, -0.2) is 52.0 Å². The summed E-state index contributed by atoms with van der Waals surface area (Å²) in [4.78, 5) is 15.0. The molecule has 0 radical (unpaired) electrons. The Morgan fingerprint density at radius 1 is 1.39 bits per heavy atom. The van der Waals surface area contributed by atoms with Crippen molar-refractivity contribution in [2.75, 3.05) is 31.2 Å². The summed E-state index contributed by atoms with van der Waals surface area (Å²) in [5.74, 6) is 2.12. The molecule has 1 atom stereocenters. The van der Waals surface area contributed by atoms with Crippen LogP contribution in [0.25, 0.3) is 0 Å². The van der Waals surface area contributed by atoms with Crippen LogP contribution < -0.4 is 4.90 Å². The highest BCUT2D eigenvalue weighted by atomic mass is 16.5. The molecular formula is C12H20N4O2. The van der Waals surface area contributed by atoms with Gasteiger partial charge in [0.25, 0.3) is 0 Å². The summed E-state index contributed by atoms with van der Waals surface area (Å²) >= 11 is 0. The molecule has 1 aromatic heterocycles. The number of hydrogen-bond acceptors (Lipinski definition) is 6. The van der Waals surface area contributed by atoms with Crippen LogP contribution in [-0.2, 0) is 11.2 Å². The van der Waals surface area contributed by atoms with Gasteiger partial charge in [-0.25, -0.2) is 4.98 Å². The predicted molar refractivity (Wildman–Crippen MR) is 67.6 cm³/mol. The van der Waals surface area contributed by atoms with Crippen molar-refractivity contribution in [2.24, 2.45) is 0 Å². The topological polar surface area (TPSA) is 71.4 Å². The van der Waals surface area contributed by atoms with E-state index in [-0.39, 0.29) is 0 Å². The SMILES string of the molecule is CCc1nc(C)nc(N2CCOC[C@](C)(O)C2)n1. The second-order valence-electron chi connectivity index (χ2n) is 4.92. The second kappa shape index (κ2) is 5.16. The van der Waals surface area contributed by atoms with Gasteiger partial charge in [0.15, 0.2) is 0 Å². The maximum absolute atomic E-state index is 10.1. The van der Waals surface area contributed by atoms with Crippen molar-refractivity contribution in [3.05, 3.63) is 11.6 Å². The Morgan fingerprint density at radius 2 is 2.17 bits per heavy atom. The number of β-amino-alcohol motifs (C(OH)–C–C–N with tert-alkyl or cyclic N) is 1. The molecule has 2 heterocycles. The molecule has 0 saturated carbocycles. The first-order chi connectivity index (χ1) is 8.50. The van der Waals surface area contributed by atoms with E-state index in [1.54, 1.807) is 6.92 Å². The number of nitrogens with zero attached hydrogens (tertiary/aromatic N) is 4. The lowest BCUT2D eigenvalue weighted by molar-refractivity contribution is -0.0123. The van der Waals surface area contributed by atoms with Crippen molar-refractivity contribution < 1.29 is 9.84 Å². The minimum Gasteiger partial charge on any atom is -0.386 e. The van der Waals surface area contributed by atoms with Crippen LogP contribution in [0, 0.1) is 6.92 Å². The Balaban J connectivity index is 2.26. The van der Waals surface area contributed by atoms with Crippen LogP contribution in [0.4, 0.5) is 5.95 Å². The second-order valence-corrected chi connectivity index (χ2v) is 4.92. The van der Waals surface area contributed by atoms with Gasteiger partial charge in [0.1, 0.15) is 17.2 Å². The van der Waals surface area contributed by atoms with Crippen LogP contribution in [0.5, 0.6) is 0 Å². The third-order valence-electron chi connectivity index (χ3n) is 2.83. The first-order valence-corrected chi connectivity index (χ1v) is 6.27. The first kappa shape index (κ1) is 13.2. The van der Waals surface area contributed by atoms with E-state index in [9.17, 15) is 5.11 Å². The Kier molecular flexibility index (Phi) is 3.77. The first-order valence-electron chi connectivity index (χ1n) is 6.27. The number of ether oxygens (including phenoxy) is 1. The lowest BCUT2D eigenvalue weighted by atomic mass is 10.1. The van der Waals surface area contributed by atoms with E-state index < -0.39 is 5.60 Å². The lowest BCUT2D eigenvalue weighted by Crippen LogP contribution is -2.42. The van der Waals surface area contributed by atoms with Gasteiger partial charge in [0, 0.05) is 13.0 Å². The number of aromatic nitrogens is 3. The van der Waals surface area contributed by atoms with E-state index in [0.29, 0.717) is 38.1 Å². The normalized spacial score (nSPS) is 25.0. The third-order valence-corrected chi connectivity index (χ3v) is 2.83. The number of anilines is 1. The summed E-state index contributed by atoms with van der Waals surface area (Å²) in [7, 11) is 0. The van der Waals surface area contributed by atoms with Crippen LogP contribution in [0.2, 0.25) is 0 Å². The van der Waals surface area contributed by atoms with Gasteiger partial charge in [-0.3, -0.25) is 0 Å². The van der Waals surface area contributed by atoms with Crippen molar-refractivity contribution in [1.29, 1.82) is 0 Å². The summed E-state index contributed by atoms with van der Waals surface area (Å²) in [5.41, 5.74) is -0.872. The molecule has 6 nitrogen and oxygen atoms in total. The van der Waals surface area contributed by atoms with Crippen molar-refractivity contribution in [3.63, 3.8) is 0 Å². The number of hydrogen-bond donors (Lipinski definition) is 1. The summed E-state index contributed by atoms with van der Waals surface area (Å²) in [5, 5.41) is 10.1. The molecule has 1 aliphatic heterocycles. The van der Waals surface area contributed by atoms with Gasteiger partial charge >= 0.3 is 0 Å². The molecule has 0 unspecified atom stereocenters. The average molecular weight is 252 g/mol. The van der Waals surface area contributed by atoms with Crippen molar-refractivity contribution >= 4 is 5.95 Å². The van der Waals surface area contributed by atoms with E-state index in [4.69, 9.17) is 4.74 Å². The minimum absolute atomic E-state index is 0.341. The fraction of sp³-hybridized carbons (Fsp3) is 0.750. The summed E-state index contributed by atoms with van der Waals surface area (Å²) in [6.45, 7) is 7.70. The summed E-state index contributed by atoms with van der Waals surface area (Å²) in [6, 6.07) is 0. The molecule has 6 heteroatoms. The largest absolute Gasteiger partial charge is 0.386 e. The molecule has 0 aromatic carbocycles. The fourth-order valence-electron chi connectivity index (χ4n) is 1.99. The van der Waals surface area contributed by atoms with E-state index in [0.717, 1.165) is 12.2 Å². The molecule has 18 heavy (non-hydrogen) atoms. The van der Waals surface area contributed by atoms with Crippen LogP contribution in [0.3, 0.4) is 0 Å². The van der Waals surface area contributed by atoms with E-state index in [2.05, 4.69) is 15.0 Å². The molecule has 1 fully saturated rings. The van der Waals surface area contributed by atoms with Gasteiger partial charge in [-0.15, -0.1) is 0 Å². The zero-order valence-corrected chi connectivity index (χ0v) is 11.2. The molecule has 2 rings (SSSR count). The standard InChI is InChI=1S/C12H20N4O2/c1-4-10-13-9(2)14-11(15-10)16-5-6-18-8-12(3,17)7-16/h17H,4-8H2,1-3H3/t12-/m1/s1. The molecule has 0 amide bonds. The van der Waals surface area contributed by atoms with Gasteiger partial charge in [0.05, 0.1) is 19.8 Å². The summed E-state index contributed by atoms with van der Waals surface area (Å²) in [6.07, 6.45) is 0.775. The molecule has 1 aromatic rings. The van der Waals surface area contributed by atoms with Crippen LogP contribution >= 0.6 is 0 Å². The Hall–Kier alpha value is -1.27. The Morgan fingerprint density at radius 3 is 2.89 bits per heavy atom. The fourth-order valence-corrected chi connectivity index (χ4v) is 1.99. The molecule has 0 aliphatic carbocycles.